The number of nitrogens with zero attached hydrogens (tertiary/aromatic N) is 2. The second-order valence-electron chi connectivity index (χ2n) is 9.12. The van der Waals surface area contributed by atoms with Crippen LogP contribution in [0.5, 0.6) is 0 Å². The molecule has 0 aliphatic heterocycles. The lowest BCUT2D eigenvalue weighted by Crippen LogP contribution is -2.53. The number of nitrogens with one attached hydrogen (secondary N) is 1. The Balaban J connectivity index is 1.92. The van der Waals surface area contributed by atoms with Crippen LogP contribution in [0.4, 0.5) is 5.69 Å². The Labute approximate surface area is 213 Å². The van der Waals surface area contributed by atoms with Gasteiger partial charge in [0.05, 0.1) is 11.9 Å². The van der Waals surface area contributed by atoms with Crippen LogP contribution in [-0.2, 0) is 26.2 Å². The van der Waals surface area contributed by atoms with Crippen LogP contribution in [0.3, 0.4) is 0 Å². The molecule has 0 saturated heterocycles. The maximum Gasteiger partial charge on any atom is 0.244 e. The van der Waals surface area contributed by atoms with E-state index in [1.165, 1.54) is 4.90 Å². The van der Waals surface area contributed by atoms with Crippen molar-refractivity contribution in [1.29, 1.82) is 0 Å². The molecule has 1 aliphatic carbocycles. The first-order valence-corrected chi connectivity index (χ1v) is 14.2. The van der Waals surface area contributed by atoms with E-state index in [9.17, 15) is 18.0 Å². The second kappa shape index (κ2) is 11.9. The fraction of sp³-hybridized carbons (Fsp3) is 0.462. The third kappa shape index (κ3) is 7.21. The minimum absolute atomic E-state index is 0.114. The van der Waals surface area contributed by atoms with Crippen LogP contribution in [0.15, 0.2) is 48.5 Å². The number of aryl methyl sites for hydroxylation is 1. The molecule has 1 fully saturated rings. The van der Waals surface area contributed by atoms with Crippen molar-refractivity contribution >= 4 is 39.1 Å². The van der Waals surface area contributed by atoms with E-state index in [0.29, 0.717) is 17.1 Å². The third-order valence-electron chi connectivity index (χ3n) is 6.42. The number of amides is 2. The van der Waals surface area contributed by atoms with Crippen LogP contribution in [0, 0.1) is 6.92 Å². The predicted molar refractivity (Wildman–Crippen MR) is 140 cm³/mol. The summed E-state index contributed by atoms with van der Waals surface area (Å²) >= 11 is 6.03. The van der Waals surface area contributed by atoms with E-state index in [2.05, 4.69) is 5.32 Å². The summed E-state index contributed by atoms with van der Waals surface area (Å²) < 4.78 is 26.5. The molecule has 1 unspecified atom stereocenters. The van der Waals surface area contributed by atoms with Crippen LogP contribution in [0.25, 0.3) is 0 Å². The Morgan fingerprint density at radius 2 is 1.71 bits per heavy atom. The molecule has 2 amide bonds. The maximum atomic E-state index is 13.7. The topological polar surface area (TPSA) is 86.8 Å². The summed E-state index contributed by atoms with van der Waals surface area (Å²) in [7, 11) is -3.75. The summed E-state index contributed by atoms with van der Waals surface area (Å²) in [5, 5.41) is 3.67. The van der Waals surface area contributed by atoms with Gasteiger partial charge in [-0.05, 0) is 55.5 Å². The standard InChI is InChI=1S/C26H34ClN3O4S/c1-4-23(26(32)28-22-10-6-7-11-22)29(17-20-13-15-21(27)16-14-20)25(31)18-30(35(3,33)34)24-12-8-5-9-19(24)2/h5,8-9,12-16,22-23H,4,6-7,10-11,17-18H2,1-3H3,(H,28,32). The molecule has 0 aromatic heterocycles. The molecule has 9 heteroatoms. The molecule has 0 bridgehead atoms. The number of para-hydroxylation sites is 1. The Morgan fingerprint density at radius 3 is 2.29 bits per heavy atom. The summed E-state index contributed by atoms with van der Waals surface area (Å²) in [6, 6.07) is 13.5. The summed E-state index contributed by atoms with van der Waals surface area (Å²) in [5.74, 6) is -0.648. The van der Waals surface area contributed by atoms with Gasteiger partial charge in [0.25, 0.3) is 0 Å². The number of carbonyl (C=O) groups excluding carboxylic acids is 2. The molecular formula is C26H34ClN3O4S. The number of rotatable bonds is 10. The average Bonchev–Trinajstić information content (AvgIpc) is 3.31. The van der Waals surface area contributed by atoms with E-state index in [1.807, 2.05) is 13.0 Å². The van der Waals surface area contributed by atoms with Gasteiger partial charge in [0, 0.05) is 17.6 Å². The second-order valence-corrected chi connectivity index (χ2v) is 11.5. The first-order valence-electron chi connectivity index (χ1n) is 12.0. The van der Waals surface area contributed by atoms with Crippen molar-refractivity contribution in [2.75, 3.05) is 17.1 Å². The number of benzene rings is 2. The molecule has 0 radical (unpaired) electrons. The largest absolute Gasteiger partial charge is 0.352 e. The van der Waals surface area contributed by atoms with Gasteiger partial charge in [-0.15, -0.1) is 0 Å². The summed E-state index contributed by atoms with van der Waals surface area (Å²) in [4.78, 5) is 28.5. The van der Waals surface area contributed by atoms with Gasteiger partial charge >= 0.3 is 0 Å². The molecule has 7 nitrogen and oxygen atoms in total. The van der Waals surface area contributed by atoms with Crippen LogP contribution >= 0.6 is 11.6 Å². The number of halogens is 1. The first kappa shape index (κ1) is 27.0. The van der Waals surface area contributed by atoms with Gasteiger partial charge in [-0.2, -0.15) is 0 Å². The van der Waals surface area contributed by atoms with Gasteiger partial charge in [-0.1, -0.05) is 61.7 Å². The SMILES string of the molecule is CCC(C(=O)NC1CCCC1)N(Cc1ccc(Cl)cc1)C(=O)CN(c1ccccc1C)S(C)(=O)=O. The lowest BCUT2D eigenvalue weighted by Gasteiger charge is -2.33. The molecule has 1 N–H and O–H groups in total. The van der Waals surface area contributed by atoms with Gasteiger partial charge in [0.15, 0.2) is 0 Å². The molecule has 0 spiro atoms. The number of anilines is 1. The van der Waals surface area contributed by atoms with Gasteiger partial charge in [0.2, 0.25) is 21.8 Å². The van der Waals surface area contributed by atoms with Gasteiger partial charge in [0.1, 0.15) is 12.6 Å². The number of hydrogen-bond donors (Lipinski definition) is 1. The molecule has 1 saturated carbocycles. The van der Waals surface area contributed by atoms with Crippen molar-refractivity contribution in [3.05, 3.63) is 64.7 Å². The Kier molecular flexibility index (Phi) is 9.19. The molecular weight excluding hydrogens is 486 g/mol. The summed E-state index contributed by atoms with van der Waals surface area (Å²) in [5.41, 5.74) is 1.98. The van der Waals surface area contributed by atoms with Crippen LogP contribution < -0.4 is 9.62 Å². The van der Waals surface area contributed by atoms with Crippen LogP contribution in [0.1, 0.15) is 50.2 Å². The zero-order valence-electron chi connectivity index (χ0n) is 20.5. The van der Waals surface area contributed by atoms with E-state index < -0.39 is 28.5 Å². The monoisotopic (exact) mass is 519 g/mol. The smallest absolute Gasteiger partial charge is 0.244 e. The van der Waals surface area contributed by atoms with E-state index in [4.69, 9.17) is 11.6 Å². The van der Waals surface area contributed by atoms with Crippen molar-refractivity contribution < 1.29 is 18.0 Å². The van der Waals surface area contributed by atoms with Crippen LogP contribution in [0.2, 0.25) is 5.02 Å². The fourth-order valence-corrected chi connectivity index (χ4v) is 5.54. The molecule has 1 atom stereocenters. The molecule has 2 aromatic rings. The molecule has 1 aliphatic rings. The highest BCUT2D eigenvalue weighted by atomic mass is 35.5. The first-order chi connectivity index (χ1) is 16.6. The van der Waals surface area contributed by atoms with E-state index >= 15 is 0 Å². The van der Waals surface area contributed by atoms with Gasteiger partial charge < -0.3 is 10.2 Å². The number of sulfonamides is 1. The highest BCUT2D eigenvalue weighted by Crippen LogP contribution is 2.24. The van der Waals surface area contributed by atoms with Crippen molar-refractivity contribution in [3.8, 4) is 0 Å². The van der Waals surface area contributed by atoms with E-state index in [0.717, 1.165) is 47.4 Å². The molecule has 190 valence electrons. The molecule has 0 heterocycles. The summed E-state index contributed by atoms with van der Waals surface area (Å²) in [6.45, 7) is 3.42. The summed E-state index contributed by atoms with van der Waals surface area (Å²) in [6.07, 6.45) is 5.51. The van der Waals surface area contributed by atoms with Crippen molar-refractivity contribution in [2.45, 2.75) is 64.6 Å². The molecule has 3 rings (SSSR count). The van der Waals surface area contributed by atoms with Crippen molar-refractivity contribution in [1.82, 2.24) is 10.2 Å². The normalized spacial score (nSPS) is 15.0. The maximum absolute atomic E-state index is 13.7. The Morgan fingerprint density at radius 1 is 1.09 bits per heavy atom. The van der Waals surface area contributed by atoms with E-state index in [1.54, 1.807) is 49.4 Å². The van der Waals surface area contributed by atoms with Crippen molar-refractivity contribution in [3.63, 3.8) is 0 Å². The highest BCUT2D eigenvalue weighted by molar-refractivity contribution is 7.92. The zero-order valence-corrected chi connectivity index (χ0v) is 22.1. The average molecular weight is 520 g/mol. The molecule has 2 aromatic carbocycles. The lowest BCUT2D eigenvalue weighted by molar-refractivity contribution is -0.140. The minimum atomic E-state index is -3.75. The number of hydrogen-bond acceptors (Lipinski definition) is 4. The van der Waals surface area contributed by atoms with Gasteiger partial charge in [-0.3, -0.25) is 13.9 Å². The number of carbonyl (C=O) groups is 2. The fourth-order valence-electron chi connectivity index (χ4n) is 4.51. The Hall–Kier alpha value is -2.58. The highest BCUT2D eigenvalue weighted by Gasteiger charge is 2.33. The van der Waals surface area contributed by atoms with Gasteiger partial charge in [-0.25, -0.2) is 8.42 Å². The quantitative estimate of drug-likeness (QED) is 0.507. The Bertz CT molecular complexity index is 1130. The lowest BCUT2D eigenvalue weighted by atomic mass is 10.1. The van der Waals surface area contributed by atoms with Crippen LogP contribution in [-0.4, -0.2) is 50.0 Å². The predicted octanol–water partition coefficient (Wildman–Crippen LogP) is 4.28. The van der Waals surface area contributed by atoms with Crippen molar-refractivity contribution in [2.24, 2.45) is 0 Å². The zero-order chi connectivity index (χ0) is 25.6. The van der Waals surface area contributed by atoms with E-state index in [-0.39, 0.29) is 18.5 Å². The third-order valence-corrected chi connectivity index (χ3v) is 7.80. The molecule has 35 heavy (non-hydrogen) atoms. The minimum Gasteiger partial charge on any atom is -0.352 e.